The maximum atomic E-state index is 12.1. The number of ether oxygens (including phenoxy) is 1. The van der Waals surface area contributed by atoms with Gasteiger partial charge in [-0.15, -0.1) is 0 Å². The summed E-state index contributed by atoms with van der Waals surface area (Å²) >= 11 is 5.75. The van der Waals surface area contributed by atoms with Gasteiger partial charge in [0.25, 0.3) is 0 Å². The van der Waals surface area contributed by atoms with Crippen LogP contribution in [0.25, 0.3) is 0 Å². The van der Waals surface area contributed by atoms with Crippen LogP contribution in [0.5, 0.6) is 5.75 Å². The first-order chi connectivity index (χ1) is 10.4. The minimum Gasteiger partial charge on any atom is -0.492 e. The average Bonchev–Trinajstić information content (AvgIpc) is 2.48. The summed E-state index contributed by atoms with van der Waals surface area (Å²) in [4.78, 5) is 0.184. The Kier molecular flexibility index (Phi) is 5.45. The summed E-state index contributed by atoms with van der Waals surface area (Å²) in [6.45, 7) is 4.43. The lowest BCUT2D eigenvalue weighted by molar-refractivity contribution is 0.320. The third-order valence-corrected chi connectivity index (χ3v) is 5.06. The van der Waals surface area contributed by atoms with E-state index in [1.54, 1.807) is 12.1 Å². The molecule has 0 amide bonds. The van der Waals surface area contributed by atoms with E-state index in [4.69, 9.17) is 16.3 Å². The lowest BCUT2D eigenvalue weighted by Gasteiger charge is -2.11. The van der Waals surface area contributed by atoms with Crippen molar-refractivity contribution in [3.63, 3.8) is 0 Å². The molecule has 1 N–H and O–H groups in total. The summed E-state index contributed by atoms with van der Waals surface area (Å²) in [6, 6.07) is 11.8. The molecule has 0 atom stereocenters. The summed E-state index contributed by atoms with van der Waals surface area (Å²) in [5, 5.41) is 0.497. The lowest BCUT2D eigenvalue weighted by atomic mass is 10.1. The molecule has 0 unspecified atom stereocenters. The number of hydrogen-bond acceptors (Lipinski definition) is 3. The van der Waals surface area contributed by atoms with E-state index in [-0.39, 0.29) is 18.0 Å². The largest absolute Gasteiger partial charge is 0.492 e. The predicted molar refractivity (Wildman–Crippen MR) is 88.1 cm³/mol. The molecule has 0 radical (unpaired) electrons. The van der Waals surface area contributed by atoms with Crippen molar-refractivity contribution in [1.29, 1.82) is 0 Å². The zero-order valence-corrected chi connectivity index (χ0v) is 14.0. The zero-order chi connectivity index (χ0) is 16.2. The van der Waals surface area contributed by atoms with Crippen LogP contribution in [0.1, 0.15) is 11.1 Å². The van der Waals surface area contributed by atoms with E-state index in [2.05, 4.69) is 4.72 Å². The second-order valence-corrected chi connectivity index (χ2v) is 7.10. The van der Waals surface area contributed by atoms with Gasteiger partial charge in [0.2, 0.25) is 10.0 Å². The molecular formula is C16H18ClNO3S. The van der Waals surface area contributed by atoms with Crippen molar-refractivity contribution in [3.05, 3.63) is 58.6 Å². The van der Waals surface area contributed by atoms with Gasteiger partial charge in [-0.1, -0.05) is 23.7 Å². The molecule has 2 aromatic carbocycles. The van der Waals surface area contributed by atoms with Crippen LogP contribution in [0.3, 0.4) is 0 Å². The van der Waals surface area contributed by atoms with Gasteiger partial charge in [0.05, 0.1) is 4.90 Å². The molecule has 0 aromatic heterocycles. The van der Waals surface area contributed by atoms with Crippen LogP contribution in [0.2, 0.25) is 5.02 Å². The van der Waals surface area contributed by atoms with Crippen LogP contribution in [0.15, 0.2) is 47.4 Å². The third-order valence-electron chi connectivity index (χ3n) is 3.33. The van der Waals surface area contributed by atoms with E-state index in [0.29, 0.717) is 5.02 Å². The van der Waals surface area contributed by atoms with Crippen LogP contribution in [-0.2, 0) is 10.0 Å². The molecule has 0 aliphatic heterocycles. The number of nitrogens with one attached hydrogen (secondary N) is 1. The number of halogens is 1. The summed E-state index contributed by atoms with van der Waals surface area (Å²) < 4.78 is 32.3. The highest BCUT2D eigenvalue weighted by molar-refractivity contribution is 7.89. The summed E-state index contributed by atoms with van der Waals surface area (Å²) in [5.74, 6) is 0.769. The molecular weight excluding hydrogens is 322 g/mol. The van der Waals surface area contributed by atoms with Gasteiger partial charge in [0, 0.05) is 11.6 Å². The first-order valence-electron chi connectivity index (χ1n) is 6.84. The van der Waals surface area contributed by atoms with E-state index in [9.17, 15) is 8.42 Å². The smallest absolute Gasteiger partial charge is 0.240 e. The van der Waals surface area contributed by atoms with Crippen LogP contribution >= 0.6 is 11.6 Å². The number of hydrogen-bond donors (Lipinski definition) is 1. The van der Waals surface area contributed by atoms with Gasteiger partial charge in [-0.25, -0.2) is 13.1 Å². The van der Waals surface area contributed by atoms with Crippen molar-refractivity contribution in [2.75, 3.05) is 13.2 Å². The minimum atomic E-state index is -3.54. The molecule has 2 aromatic rings. The van der Waals surface area contributed by atoms with Crippen molar-refractivity contribution < 1.29 is 13.2 Å². The molecule has 0 aliphatic carbocycles. The Labute approximate surface area is 136 Å². The van der Waals surface area contributed by atoms with E-state index < -0.39 is 10.0 Å². The van der Waals surface area contributed by atoms with Gasteiger partial charge in [-0.05, 0) is 55.3 Å². The Morgan fingerprint density at radius 3 is 2.45 bits per heavy atom. The van der Waals surface area contributed by atoms with Gasteiger partial charge < -0.3 is 4.74 Å². The van der Waals surface area contributed by atoms with Crippen LogP contribution < -0.4 is 9.46 Å². The molecule has 0 saturated carbocycles. The molecule has 0 saturated heterocycles. The highest BCUT2D eigenvalue weighted by atomic mass is 35.5. The maximum absolute atomic E-state index is 12.1. The van der Waals surface area contributed by atoms with Crippen LogP contribution in [-0.4, -0.2) is 21.6 Å². The highest BCUT2D eigenvalue weighted by Crippen LogP contribution is 2.20. The highest BCUT2D eigenvalue weighted by Gasteiger charge is 2.13. The molecule has 4 nitrogen and oxygen atoms in total. The zero-order valence-electron chi connectivity index (χ0n) is 12.5. The Bertz CT molecular complexity index is 742. The fraction of sp³-hybridized carbons (Fsp3) is 0.250. The molecule has 0 spiro atoms. The van der Waals surface area contributed by atoms with E-state index >= 15 is 0 Å². The molecule has 118 valence electrons. The predicted octanol–water partition coefficient (Wildman–Crippen LogP) is 3.31. The number of sulfonamides is 1. The van der Waals surface area contributed by atoms with E-state index in [0.717, 1.165) is 16.9 Å². The average molecular weight is 340 g/mol. The second kappa shape index (κ2) is 7.13. The Hall–Kier alpha value is -1.56. The van der Waals surface area contributed by atoms with Crippen LogP contribution in [0.4, 0.5) is 0 Å². The molecule has 6 heteroatoms. The SMILES string of the molecule is Cc1cccc(OCCNS(=O)(=O)c2ccc(Cl)cc2)c1C. The van der Waals surface area contributed by atoms with Gasteiger partial charge >= 0.3 is 0 Å². The summed E-state index contributed by atoms with van der Waals surface area (Å²) in [7, 11) is -3.54. The number of aryl methyl sites for hydroxylation is 1. The first-order valence-corrected chi connectivity index (χ1v) is 8.70. The third kappa shape index (κ3) is 4.22. The van der Waals surface area contributed by atoms with Crippen molar-refractivity contribution in [2.24, 2.45) is 0 Å². The maximum Gasteiger partial charge on any atom is 0.240 e. The number of rotatable bonds is 6. The Morgan fingerprint density at radius 2 is 1.77 bits per heavy atom. The number of benzene rings is 2. The lowest BCUT2D eigenvalue weighted by Crippen LogP contribution is -2.28. The standard InChI is InChI=1S/C16H18ClNO3S/c1-12-4-3-5-16(13(12)2)21-11-10-18-22(19,20)15-8-6-14(17)7-9-15/h3-9,18H,10-11H2,1-2H3. The van der Waals surface area contributed by atoms with Crippen LogP contribution in [0, 0.1) is 13.8 Å². The van der Waals surface area contributed by atoms with E-state index in [1.807, 2.05) is 32.0 Å². The second-order valence-electron chi connectivity index (χ2n) is 4.90. The van der Waals surface area contributed by atoms with Crippen molar-refractivity contribution in [2.45, 2.75) is 18.7 Å². The minimum absolute atomic E-state index is 0.184. The van der Waals surface area contributed by atoms with Gasteiger partial charge in [0.1, 0.15) is 12.4 Å². The molecule has 0 fully saturated rings. The van der Waals surface area contributed by atoms with Crippen molar-refractivity contribution in [3.8, 4) is 5.75 Å². The van der Waals surface area contributed by atoms with Gasteiger partial charge in [-0.2, -0.15) is 0 Å². The van der Waals surface area contributed by atoms with E-state index in [1.165, 1.54) is 12.1 Å². The topological polar surface area (TPSA) is 55.4 Å². The fourth-order valence-corrected chi connectivity index (χ4v) is 3.05. The first kappa shape index (κ1) is 16.8. The monoisotopic (exact) mass is 339 g/mol. The van der Waals surface area contributed by atoms with Gasteiger partial charge in [-0.3, -0.25) is 0 Å². The Morgan fingerprint density at radius 1 is 1.09 bits per heavy atom. The molecule has 2 rings (SSSR count). The molecule has 0 heterocycles. The fourth-order valence-electron chi connectivity index (χ4n) is 1.91. The quantitative estimate of drug-likeness (QED) is 0.821. The molecule has 0 bridgehead atoms. The molecule has 22 heavy (non-hydrogen) atoms. The normalized spacial score (nSPS) is 11.4. The molecule has 0 aliphatic rings. The summed E-state index contributed by atoms with van der Waals surface area (Å²) in [5.41, 5.74) is 2.20. The van der Waals surface area contributed by atoms with Crippen molar-refractivity contribution >= 4 is 21.6 Å². The van der Waals surface area contributed by atoms with Crippen molar-refractivity contribution in [1.82, 2.24) is 4.72 Å². The Balaban J connectivity index is 1.90. The summed E-state index contributed by atoms with van der Waals surface area (Å²) in [6.07, 6.45) is 0. The van der Waals surface area contributed by atoms with Gasteiger partial charge in [0.15, 0.2) is 0 Å².